The highest BCUT2D eigenvalue weighted by Crippen LogP contribution is 2.59. The van der Waals surface area contributed by atoms with Crippen molar-refractivity contribution in [2.45, 2.75) is 17.9 Å². The maximum Gasteiger partial charge on any atom is 0.174 e. The summed E-state index contributed by atoms with van der Waals surface area (Å²) in [5.41, 5.74) is 0.816. The third kappa shape index (κ3) is 1.29. The number of allylic oxidation sites excluding steroid dienone is 1. The van der Waals surface area contributed by atoms with Crippen molar-refractivity contribution in [1.29, 1.82) is 0 Å². The van der Waals surface area contributed by atoms with Crippen LogP contribution in [0.5, 0.6) is 0 Å². The number of hydrogen-bond donors (Lipinski definition) is 0. The Hall–Kier alpha value is -0.930. The quantitative estimate of drug-likeness (QED) is 0.746. The molecule has 1 aromatic carbocycles. The number of Topliss-reactive ketones (excluding diaryl/α,β-unsaturated/α-hetero) is 1. The van der Waals surface area contributed by atoms with E-state index in [1.54, 1.807) is 0 Å². The maximum absolute atomic E-state index is 12.3. The highest BCUT2D eigenvalue weighted by molar-refractivity contribution is 9.11. The number of carbonyl (C=O) groups is 1. The number of ketones is 1. The first-order valence-electron chi connectivity index (χ1n) is 6.33. The summed E-state index contributed by atoms with van der Waals surface area (Å²) < 4.78 is 6.74. The summed E-state index contributed by atoms with van der Waals surface area (Å²) in [5.74, 6) is 0.896. The minimum absolute atomic E-state index is 0.0251. The molecule has 0 amide bonds. The van der Waals surface area contributed by atoms with Gasteiger partial charge in [0.25, 0.3) is 0 Å². The van der Waals surface area contributed by atoms with E-state index in [0.717, 1.165) is 10.9 Å². The maximum atomic E-state index is 12.3. The van der Waals surface area contributed by atoms with E-state index in [-0.39, 0.29) is 11.8 Å². The minimum Gasteiger partial charge on any atom is -0.361 e. The molecule has 2 bridgehead atoms. The molecule has 0 aromatic heterocycles. The van der Waals surface area contributed by atoms with Gasteiger partial charge in [0.05, 0.1) is 6.61 Å². The Kier molecular flexibility index (Phi) is 2.16. The largest absolute Gasteiger partial charge is 0.361 e. The molecule has 4 atom stereocenters. The van der Waals surface area contributed by atoms with Crippen molar-refractivity contribution >= 4 is 21.7 Å². The molecule has 92 valence electrons. The summed E-state index contributed by atoms with van der Waals surface area (Å²) in [7, 11) is 0. The molecule has 4 aliphatic rings. The van der Waals surface area contributed by atoms with Crippen molar-refractivity contribution in [2.24, 2.45) is 11.8 Å². The summed E-state index contributed by atoms with van der Waals surface area (Å²) in [6.07, 6.45) is 3.01. The van der Waals surface area contributed by atoms with E-state index in [2.05, 4.69) is 46.3 Å². The lowest BCUT2D eigenvalue weighted by molar-refractivity contribution is -0.132. The van der Waals surface area contributed by atoms with Crippen LogP contribution in [0.25, 0.3) is 0 Å². The van der Waals surface area contributed by atoms with E-state index in [0.29, 0.717) is 18.3 Å². The van der Waals surface area contributed by atoms with Gasteiger partial charge in [0.15, 0.2) is 11.4 Å². The third-order valence-electron chi connectivity index (χ3n) is 4.51. The monoisotopic (exact) mass is 304 g/mol. The molecule has 1 saturated heterocycles. The van der Waals surface area contributed by atoms with Gasteiger partial charge in [-0.15, -0.1) is 0 Å². The highest BCUT2D eigenvalue weighted by Gasteiger charge is 2.66. The van der Waals surface area contributed by atoms with Gasteiger partial charge in [0, 0.05) is 11.8 Å². The lowest BCUT2D eigenvalue weighted by atomic mass is 9.60. The van der Waals surface area contributed by atoms with Crippen LogP contribution in [-0.4, -0.2) is 18.0 Å². The zero-order chi connectivity index (χ0) is 12.3. The Morgan fingerprint density at radius 2 is 2.00 bits per heavy atom. The van der Waals surface area contributed by atoms with Gasteiger partial charge in [-0.1, -0.05) is 52.3 Å². The minimum atomic E-state index is -0.503. The second-order valence-corrected chi connectivity index (χ2v) is 6.35. The Balaban J connectivity index is 1.81. The van der Waals surface area contributed by atoms with Crippen LogP contribution < -0.4 is 0 Å². The van der Waals surface area contributed by atoms with Crippen LogP contribution in [0, 0.1) is 11.8 Å². The van der Waals surface area contributed by atoms with Crippen molar-refractivity contribution in [3.05, 3.63) is 46.5 Å². The topological polar surface area (TPSA) is 29.6 Å². The van der Waals surface area contributed by atoms with Gasteiger partial charge in [0.2, 0.25) is 0 Å². The van der Waals surface area contributed by atoms with Crippen molar-refractivity contribution in [2.75, 3.05) is 6.61 Å². The molecule has 1 heterocycles. The van der Waals surface area contributed by atoms with Crippen molar-refractivity contribution < 1.29 is 9.53 Å². The van der Waals surface area contributed by atoms with E-state index in [1.807, 2.05) is 6.07 Å². The predicted octanol–water partition coefficient (Wildman–Crippen LogP) is 3.04. The molecule has 3 heteroatoms. The first kappa shape index (κ1) is 10.9. The van der Waals surface area contributed by atoms with E-state index in [1.165, 1.54) is 5.56 Å². The molecule has 1 spiro atoms. The van der Waals surface area contributed by atoms with Crippen molar-refractivity contribution in [3.63, 3.8) is 0 Å². The van der Waals surface area contributed by atoms with Crippen LogP contribution in [0.4, 0.5) is 0 Å². The second-order valence-electron chi connectivity index (χ2n) is 5.43. The fraction of sp³-hybridized carbons (Fsp3) is 0.400. The van der Waals surface area contributed by atoms with E-state index in [9.17, 15) is 4.79 Å². The van der Waals surface area contributed by atoms with E-state index >= 15 is 0 Å². The van der Waals surface area contributed by atoms with Gasteiger partial charge in [-0.05, 0) is 22.4 Å². The van der Waals surface area contributed by atoms with Crippen molar-refractivity contribution in [3.8, 4) is 0 Å². The molecule has 0 radical (unpaired) electrons. The van der Waals surface area contributed by atoms with Gasteiger partial charge in [-0.25, -0.2) is 0 Å². The van der Waals surface area contributed by atoms with Gasteiger partial charge in [0.1, 0.15) is 0 Å². The van der Waals surface area contributed by atoms with Crippen molar-refractivity contribution in [1.82, 2.24) is 0 Å². The smallest absolute Gasteiger partial charge is 0.174 e. The van der Waals surface area contributed by atoms with Gasteiger partial charge in [-0.3, -0.25) is 4.79 Å². The van der Waals surface area contributed by atoms with E-state index in [4.69, 9.17) is 4.74 Å². The SMILES string of the molecule is O=C1C2C=C(Br)C(C(c3ccccc3)C2)[C@]12CO2. The fourth-order valence-corrected chi connectivity index (χ4v) is 4.60. The van der Waals surface area contributed by atoms with Crippen LogP contribution in [0.3, 0.4) is 0 Å². The molecule has 18 heavy (non-hydrogen) atoms. The number of ether oxygens (including phenoxy) is 1. The molecule has 3 unspecified atom stereocenters. The summed E-state index contributed by atoms with van der Waals surface area (Å²) in [4.78, 5) is 12.3. The average molecular weight is 305 g/mol. The molecule has 1 saturated carbocycles. The lowest BCUT2D eigenvalue weighted by Gasteiger charge is -2.43. The standard InChI is InChI=1S/C15H13BrO2/c16-12-7-10-6-11(9-4-2-1-3-5-9)13(12)15(8-18-15)14(10)17/h1-5,7,10-11,13H,6,8H2/t10?,11?,13?,15-/m1/s1. The van der Waals surface area contributed by atoms with Gasteiger partial charge < -0.3 is 4.74 Å². The van der Waals surface area contributed by atoms with Crippen LogP contribution in [0.2, 0.25) is 0 Å². The molecular weight excluding hydrogens is 292 g/mol. The zero-order valence-electron chi connectivity index (χ0n) is 9.80. The zero-order valence-corrected chi connectivity index (χ0v) is 11.4. The summed E-state index contributed by atoms with van der Waals surface area (Å²) in [6, 6.07) is 10.5. The average Bonchev–Trinajstić information content (AvgIpc) is 3.17. The number of benzene rings is 1. The predicted molar refractivity (Wildman–Crippen MR) is 71.5 cm³/mol. The Morgan fingerprint density at radius 3 is 2.67 bits per heavy atom. The number of fused-ring (bicyclic) bond motifs is 1. The van der Waals surface area contributed by atoms with E-state index < -0.39 is 5.60 Å². The van der Waals surface area contributed by atoms with Crippen LogP contribution >= 0.6 is 15.9 Å². The lowest BCUT2D eigenvalue weighted by Crippen LogP contribution is -2.49. The Bertz CT molecular complexity index is 545. The first-order valence-corrected chi connectivity index (χ1v) is 7.12. The molecule has 1 aromatic rings. The molecule has 0 N–H and O–H groups in total. The fourth-order valence-electron chi connectivity index (χ4n) is 3.59. The van der Waals surface area contributed by atoms with Crippen LogP contribution in [0.1, 0.15) is 17.9 Å². The molecule has 2 fully saturated rings. The Morgan fingerprint density at radius 1 is 1.28 bits per heavy atom. The molecular formula is C15H13BrO2. The third-order valence-corrected chi connectivity index (χ3v) is 5.26. The van der Waals surface area contributed by atoms with Gasteiger partial charge >= 0.3 is 0 Å². The first-order chi connectivity index (χ1) is 8.72. The molecule has 3 aliphatic carbocycles. The Labute approximate surface area is 114 Å². The number of epoxide rings is 1. The number of halogens is 1. The highest BCUT2D eigenvalue weighted by atomic mass is 79.9. The normalized spacial score (nSPS) is 41.1. The van der Waals surface area contributed by atoms with Crippen LogP contribution in [-0.2, 0) is 9.53 Å². The molecule has 1 aliphatic heterocycles. The molecule has 5 rings (SSSR count). The molecule has 2 nitrogen and oxygen atoms in total. The summed E-state index contributed by atoms with van der Waals surface area (Å²) in [5, 5.41) is 0. The second kappa shape index (κ2) is 3.55. The van der Waals surface area contributed by atoms with Gasteiger partial charge in [-0.2, -0.15) is 0 Å². The van der Waals surface area contributed by atoms with Crippen LogP contribution in [0.15, 0.2) is 40.9 Å². The number of rotatable bonds is 1. The number of hydrogen-bond acceptors (Lipinski definition) is 2. The summed E-state index contributed by atoms with van der Waals surface area (Å²) >= 11 is 3.66. The summed E-state index contributed by atoms with van der Waals surface area (Å²) in [6.45, 7) is 0.597. The number of carbonyl (C=O) groups excluding carboxylic acids is 1.